The Morgan fingerprint density at radius 2 is 1.91 bits per heavy atom. The van der Waals surface area contributed by atoms with Crippen LogP contribution in [0, 0.1) is 0 Å². The third kappa shape index (κ3) is 4.24. The number of hydrogen-bond donors (Lipinski definition) is 0. The second kappa shape index (κ2) is 6.45. The standard InChI is InChI=1S/C6H5.C3H5.ClH.Ni/c1-2-4-6-5-3-1;1-3-2;;/h1-5H;3H,1-2H2;1H;. The van der Waals surface area contributed by atoms with E-state index in [1.54, 1.807) is 14.4 Å². The van der Waals surface area contributed by atoms with Crippen LogP contribution in [0.3, 0.4) is 0 Å². The van der Waals surface area contributed by atoms with Gasteiger partial charge in [0.2, 0.25) is 0 Å². The van der Waals surface area contributed by atoms with E-state index in [4.69, 9.17) is 0 Å². The summed E-state index contributed by atoms with van der Waals surface area (Å²) in [5, 5.41) is 1.01. The van der Waals surface area contributed by atoms with E-state index in [9.17, 15) is 0 Å². The van der Waals surface area contributed by atoms with E-state index in [1.165, 1.54) is 4.53 Å². The predicted molar refractivity (Wildman–Crippen MR) is 48.3 cm³/mol. The van der Waals surface area contributed by atoms with Crippen molar-refractivity contribution in [1.29, 1.82) is 0 Å². The summed E-state index contributed by atoms with van der Waals surface area (Å²) in [4.78, 5) is 0. The summed E-state index contributed by atoms with van der Waals surface area (Å²) < 4.78 is 1.33. The Morgan fingerprint density at radius 3 is 2.45 bits per heavy atom. The third-order valence-electron chi connectivity index (χ3n) is 0.997. The Labute approximate surface area is 79.9 Å². The molecule has 0 radical (unpaired) electrons. The minimum absolute atomic E-state index is 0. The fraction of sp³-hybridized carbons (Fsp3) is 0.111. The van der Waals surface area contributed by atoms with Crippen LogP contribution in [0.4, 0.5) is 0 Å². The van der Waals surface area contributed by atoms with Crippen molar-refractivity contribution in [3.05, 3.63) is 43.0 Å². The van der Waals surface area contributed by atoms with Crippen molar-refractivity contribution in [3.63, 3.8) is 0 Å². The minimum Gasteiger partial charge on any atom is -0.147 e. The van der Waals surface area contributed by atoms with Gasteiger partial charge in [0.15, 0.2) is 0 Å². The maximum atomic E-state index is 3.66. The molecule has 0 aliphatic heterocycles. The van der Waals surface area contributed by atoms with Crippen LogP contribution in [0.1, 0.15) is 0 Å². The molecule has 0 saturated heterocycles. The van der Waals surface area contributed by atoms with E-state index in [1.807, 2.05) is 12.1 Å². The first-order chi connectivity index (χ1) is 4.93. The van der Waals surface area contributed by atoms with Crippen LogP contribution in [0.25, 0.3) is 0 Å². The first kappa shape index (κ1) is 10.7. The van der Waals surface area contributed by atoms with Gasteiger partial charge in [-0.1, -0.05) is 0 Å². The zero-order valence-corrected chi connectivity index (χ0v) is 7.91. The number of benzene rings is 1. The largest absolute Gasteiger partial charge is 0.147 e. The van der Waals surface area contributed by atoms with Gasteiger partial charge in [0.1, 0.15) is 0 Å². The van der Waals surface area contributed by atoms with E-state index in [0.29, 0.717) is 0 Å². The van der Waals surface area contributed by atoms with Crippen LogP contribution < -0.4 is 4.53 Å². The van der Waals surface area contributed by atoms with E-state index in [-0.39, 0.29) is 12.4 Å². The van der Waals surface area contributed by atoms with Crippen molar-refractivity contribution < 1.29 is 14.4 Å². The minimum atomic E-state index is 0. The first-order valence-electron chi connectivity index (χ1n) is 3.11. The van der Waals surface area contributed by atoms with E-state index < -0.39 is 0 Å². The van der Waals surface area contributed by atoms with E-state index in [0.717, 1.165) is 5.39 Å². The molecule has 0 atom stereocenters. The smallest absolute Gasteiger partial charge is 0.147 e. The van der Waals surface area contributed by atoms with Crippen LogP contribution in [-0.2, 0) is 14.4 Å². The summed E-state index contributed by atoms with van der Waals surface area (Å²) in [6.45, 7) is 3.66. The zero-order chi connectivity index (χ0) is 7.23. The van der Waals surface area contributed by atoms with E-state index in [2.05, 4.69) is 30.8 Å². The van der Waals surface area contributed by atoms with Crippen LogP contribution in [0.5, 0.6) is 0 Å². The van der Waals surface area contributed by atoms with Crippen molar-refractivity contribution in [2.45, 2.75) is 5.39 Å². The fourth-order valence-electron chi connectivity index (χ4n) is 0.598. The van der Waals surface area contributed by atoms with Gasteiger partial charge in [0.05, 0.1) is 0 Å². The Kier molecular flexibility index (Phi) is 6.30. The monoisotopic (exact) mass is 212 g/mol. The maximum Gasteiger partial charge on any atom is -0.147 e. The molecule has 0 saturated carbocycles. The number of halogens is 1. The number of allylic oxidation sites excluding steroid dienone is 1. The molecule has 11 heavy (non-hydrogen) atoms. The van der Waals surface area contributed by atoms with Crippen molar-refractivity contribution in [1.82, 2.24) is 0 Å². The normalized spacial score (nSPS) is 8.73. The average molecular weight is 213 g/mol. The fourth-order valence-corrected chi connectivity index (χ4v) is 1.40. The second-order valence-electron chi connectivity index (χ2n) is 1.79. The quantitative estimate of drug-likeness (QED) is 0.534. The van der Waals surface area contributed by atoms with E-state index >= 15 is 0 Å². The molecule has 0 nitrogen and oxygen atoms in total. The molecule has 0 aliphatic carbocycles. The summed E-state index contributed by atoms with van der Waals surface area (Å²) in [5.74, 6) is 0. The van der Waals surface area contributed by atoms with Crippen molar-refractivity contribution in [2.24, 2.45) is 0 Å². The van der Waals surface area contributed by atoms with Crippen LogP contribution >= 0.6 is 12.4 Å². The second-order valence-corrected chi connectivity index (χ2v) is 3.11. The molecule has 0 spiro atoms. The summed E-state index contributed by atoms with van der Waals surface area (Å²) in [6.07, 6.45) is 1.92. The molecular formula is C9H11ClNi. The predicted octanol–water partition coefficient (Wildman–Crippen LogP) is 2.42. The van der Waals surface area contributed by atoms with Crippen LogP contribution in [-0.4, -0.2) is 0 Å². The molecule has 1 aromatic carbocycles. The van der Waals surface area contributed by atoms with Gasteiger partial charge in [0, 0.05) is 0 Å². The molecular weight excluding hydrogens is 202 g/mol. The Hall–Kier alpha value is -0.256. The molecule has 1 rings (SSSR count). The first-order valence-corrected chi connectivity index (χ1v) is 4.30. The summed E-state index contributed by atoms with van der Waals surface area (Å²) in [6, 6.07) is 10.4. The number of rotatable bonds is 3. The topological polar surface area (TPSA) is 0 Å². The maximum absolute atomic E-state index is 3.66. The van der Waals surface area contributed by atoms with Crippen LogP contribution in [0.15, 0.2) is 43.0 Å². The summed E-state index contributed by atoms with van der Waals surface area (Å²) >= 11 is 1.63. The molecule has 0 aromatic heterocycles. The van der Waals surface area contributed by atoms with Gasteiger partial charge < -0.3 is 0 Å². The molecule has 0 heterocycles. The molecule has 0 fully saturated rings. The van der Waals surface area contributed by atoms with Crippen molar-refractivity contribution >= 4 is 16.9 Å². The zero-order valence-electron chi connectivity index (χ0n) is 6.10. The van der Waals surface area contributed by atoms with Gasteiger partial charge in [-0.2, -0.15) is 0 Å². The molecule has 64 valence electrons. The van der Waals surface area contributed by atoms with Crippen molar-refractivity contribution in [2.75, 3.05) is 0 Å². The molecule has 0 unspecified atom stereocenters. The molecule has 2 heteroatoms. The van der Waals surface area contributed by atoms with Gasteiger partial charge in [-0.15, -0.1) is 12.4 Å². The average Bonchev–Trinajstić information content (AvgIpc) is 2.03. The van der Waals surface area contributed by atoms with Gasteiger partial charge in [0.25, 0.3) is 0 Å². The van der Waals surface area contributed by atoms with Gasteiger partial charge in [-0.3, -0.25) is 0 Å². The SMILES string of the molecule is C=C[CH2][Ni][c]1ccccc1.Cl. The molecule has 0 aliphatic rings. The van der Waals surface area contributed by atoms with Crippen LogP contribution in [0.2, 0.25) is 5.39 Å². The molecule has 0 bridgehead atoms. The molecule has 0 N–H and O–H groups in total. The van der Waals surface area contributed by atoms with Gasteiger partial charge in [-0.25, -0.2) is 0 Å². The molecule has 0 amide bonds. The summed E-state index contributed by atoms with van der Waals surface area (Å²) in [7, 11) is 0. The Morgan fingerprint density at radius 1 is 1.27 bits per heavy atom. The van der Waals surface area contributed by atoms with Crippen molar-refractivity contribution in [3.8, 4) is 0 Å². The van der Waals surface area contributed by atoms with Gasteiger partial charge >= 0.3 is 67.3 Å². The third-order valence-corrected chi connectivity index (χ3v) is 2.22. The summed E-state index contributed by atoms with van der Waals surface area (Å²) in [5.41, 5.74) is 0. The number of hydrogen-bond acceptors (Lipinski definition) is 0. The molecule has 1 aromatic rings. The Bertz CT molecular complexity index is 196. The van der Waals surface area contributed by atoms with Gasteiger partial charge in [-0.05, 0) is 0 Å². The Balaban J connectivity index is 0.000001000.